The summed E-state index contributed by atoms with van der Waals surface area (Å²) in [6.07, 6.45) is 7.81. The van der Waals surface area contributed by atoms with E-state index in [1.807, 2.05) is 54.8 Å². The van der Waals surface area contributed by atoms with Gasteiger partial charge in [-0.05, 0) is 18.4 Å². The summed E-state index contributed by atoms with van der Waals surface area (Å²) < 4.78 is 5.52. The maximum absolute atomic E-state index is 5.52. The minimum absolute atomic E-state index is 0.504. The second kappa shape index (κ2) is 3.68. The topological polar surface area (TPSA) is 21.3 Å². The monoisotopic (exact) mass is 187 g/mol. The molecule has 0 saturated heterocycles. The van der Waals surface area contributed by atoms with Crippen LogP contribution in [0.4, 0.5) is 0 Å². The molecule has 1 aromatic rings. The number of methoxy groups -OCH3 is 1. The minimum atomic E-state index is -0.504. The molecule has 0 bridgehead atoms. The molecule has 2 heteroatoms. The number of benzene rings is 1. The molecule has 1 heterocycles. The zero-order valence-corrected chi connectivity index (χ0v) is 8.10. The van der Waals surface area contributed by atoms with E-state index in [9.17, 15) is 0 Å². The second-order valence-corrected chi connectivity index (χ2v) is 3.17. The lowest BCUT2D eigenvalue weighted by Crippen LogP contribution is -2.40. The van der Waals surface area contributed by atoms with Crippen LogP contribution in [0.25, 0.3) is 0 Å². The van der Waals surface area contributed by atoms with Crippen LogP contribution in [-0.2, 0) is 10.5 Å². The molecule has 0 aliphatic carbocycles. The summed E-state index contributed by atoms with van der Waals surface area (Å²) in [6.45, 7) is 0. The Morgan fingerprint density at radius 1 is 1.14 bits per heavy atom. The molecule has 1 N–H and O–H groups in total. The first-order chi connectivity index (χ1) is 6.87. The molecule has 14 heavy (non-hydrogen) atoms. The van der Waals surface area contributed by atoms with Crippen LogP contribution in [-0.4, -0.2) is 7.11 Å². The Morgan fingerprint density at radius 2 is 1.93 bits per heavy atom. The molecule has 1 aliphatic rings. The Hall–Kier alpha value is -1.54. The van der Waals surface area contributed by atoms with Crippen molar-refractivity contribution >= 4 is 0 Å². The fourth-order valence-corrected chi connectivity index (χ4v) is 1.58. The average molecular weight is 187 g/mol. The van der Waals surface area contributed by atoms with Crippen LogP contribution in [0, 0.1) is 0 Å². The lowest BCUT2D eigenvalue weighted by Gasteiger charge is -2.31. The van der Waals surface area contributed by atoms with Gasteiger partial charge in [-0.2, -0.15) is 0 Å². The van der Waals surface area contributed by atoms with Gasteiger partial charge in [0.2, 0.25) is 0 Å². The predicted molar refractivity (Wildman–Crippen MR) is 56.5 cm³/mol. The van der Waals surface area contributed by atoms with Crippen molar-refractivity contribution in [1.29, 1.82) is 0 Å². The molecule has 1 aromatic carbocycles. The second-order valence-electron chi connectivity index (χ2n) is 3.17. The zero-order valence-electron chi connectivity index (χ0n) is 8.10. The van der Waals surface area contributed by atoms with Crippen molar-refractivity contribution in [3.05, 3.63) is 60.3 Å². The van der Waals surface area contributed by atoms with Gasteiger partial charge < -0.3 is 10.1 Å². The van der Waals surface area contributed by atoms with Crippen molar-refractivity contribution in [2.45, 2.75) is 5.72 Å². The Morgan fingerprint density at radius 3 is 2.50 bits per heavy atom. The molecular formula is C12H13NO. The molecule has 0 amide bonds. The van der Waals surface area contributed by atoms with Crippen molar-refractivity contribution in [2.24, 2.45) is 0 Å². The molecule has 1 aliphatic heterocycles. The van der Waals surface area contributed by atoms with Crippen LogP contribution in [0.1, 0.15) is 5.56 Å². The zero-order chi connectivity index (χ0) is 9.86. The number of rotatable bonds is 2. The van der Waals surface area contributed by atoms with E-state index < -0.39 is 5.72 Å². The van der Waals surface area contributed by atoms with Gasteiger partial charge >= 0.3 is 0 Å². The summed E-state index contributed by atoms with van der Waals surface area (Å²) in [7, 11) is 1.70. The third kappa shape index (κ3) is 1.44. The van der Waals surface area contributed by atoms with Crippen LogP contribution in [0.2, 0.25) is 0 Å². The van der Waals surface area contributed by atoms with Gasteiger partial charge in [0.1, 0.15) is 0 Å². The van der Waals surface area contributed by atoms with Gasteiger partial charge in [0, 0.05) is 12.7 Å². The highest BCUT2D eigenvalue weighted by atomic mass is 16.5. The van der Waals surface area contributed by atoms with Gasteiger partial charge in [-0.1, -0.05) is 36.4 Å². The van der Waals surface area contributed by atoms with E-state index >= 15 is 0 Å². The van der Waals surface area contributed by atoms with Gasteiger partial charge in [0.05, 0.1) is 0 Å². The molecule has 0 aromatic heterocycles. The van der Waals surface area contributed by atoms with Crippen molar-refractivity contribution < 1.29 is 4.74 Å². The fraction of sp³-hybridized carbons (Fsp3) is 0.167. The van der Waals surface area contributed by atoms with Gasteiger partial charge in [-0.25, -0.2) is 0 Å². The van der Waals surface area contributed by atoms with Gasteiger partial charge in [-0.15, -0.1) is 0 Å². The number of nitrogens with one attached hydrogen (secondary N) is 1. The maximum Gasteiger partial charge on any atom is 0.183 e. The van der Waals surface area contributed by atoms with Crippen LogP contribution < -0.4 is 5.32 Å². The molecule has 0 fully saturated rings. The number of hydrogen-bond acceptors (Lipinski definition) is 2. The summed E-state index contributed by atoms with van der Waals surface area (Å²) in [5, 5.41) is 3.21. The van der Waals surface area contributed by atoms with E-state index in [0.717, 1.165) is 5.56 Å². The Balaban J connectivity index is 2.39. The minimum Gasteiger partial charge on any atom is -0.357 e. The highest BCUT2D eigenvalue weighted by Crippen LogP contribution is 2.25. The highest BCUT2D eigenvalue weighted by molar-refractivity contribution is 5.31. The Kier molecular flexibility index (Phi) is 2.37. The van der Waals surface area contributed by atoms with Gasteiger partial charge in [0.15, 0.2) is 5.72 Å². The SMILES string of the molecule is COC1(c2ccccc2)C=CC=CN1. The molecule has 2 rings (SSSR count). The van der Waals surface area contributed by atoms with Gasteiger partial charge in [-0.3, -0.25) is 0 Å². The summed E-state index contributed by atoms with van der Waals surface area (Å²) in [5.74, 6) is 0. The summed E-state index contributed by atoms with van der Waals surface area (Å²) in [5.41, 5.74) is 0.596. The summed E-state index contributed by atoms with van der Waals surface area (Å²) in [6, 6.07) is 10.1. The smallest absolute Gasteiger partial charge is 0.183 e. The van der Waals surface area contributed by atoms with Crippen molar-refractivity contribution in [3.8, 4) is 0 Å². The molecule has 1 atom stereocenters. The molecule has 72 valence electrons. The van der Waals surface area contributed by atoms with Crippen LogP contribution >= 0.6 is 0 Å². The Labute approximate surface area is 83.9 Å². The Bertz CT molecular complexity index is 356. The normalized spacial score (nSPS) is 24.6. The average Bonchev–Trinajstić information content (AvgIpc) is 2.31. The summed E-state index contributed by atoms with van der Waals surface area (Å²) >= 11 is 0. The molecule has 0 spiro atoms. The number of allylic oxidation sites excluding steroid dienone is 2. The van der Waals surface area contributed by atoms with Crippen molar-refractivity contribution in [3.63, 3.8) is 0 Å². The van der Waals surface area contributed by atoms with Crippen LogP contribution in [0.3, 0.4) is 0 Å². The van der Waals surface area contributed by atoms with E-state index in [1.165, 1.54) is 0 Å². The first-order valence-corrected chi connectivity index (χ1v) is 4.60. The lowest BCUT2D eigenvalue weighted by atomic mass is 10.0. The fourth-order valence-electron chi connectivity index (χ4n) is 1.58. The number of hydrogen-bond donors (Lipinski definition) is 1. The van der Waals surface area contributed by atoms with Crippen LogP contribution in [0.15, 0.2) is 54.8 Å². The van der Waals surface area contributed by atoms with Crippen molar-refractivity contribution in [1.82, 2.24) is 5.32 Å². The molecule has 0 saturated carbocycles. The molecular weight excluding hydrogens is 174 g/mol. The van der Waals surface area contributed by atoms with E-state index in [0.29, 0.717) is 0 Å². The highest BCUT2D eigenvalue weighted by Gasteiger charge is 2.28. The van der Waals surface area contributed by atoms with E-state index in [4.69, 9.17) is 4.74 Å². The molecule has 1 unspecified atom stereocenters. The quantitative estimate of drug-likeness (QED) is 0.766. The first kappa shape index (κ1) is 9.03. The standard InChI is InChI=1S/C12H13NO/c1-14-12(9-5-6-10-13-12)11-7-3-2-4-8-11/h2-10,13H,1H3. The lowest BCUT2D eigenvalue weighted by molar-refractivity contribution is 0.00921. The largest absolute Gasteiger partial charge is 0.357 e. The van der Waals surface area contributed by atoms with Crippen molar-refractivity contribution in [2.75, 3.05) is 7.11 Å². The van der Waals surface area contributed by atoms with Crippen LogP contribution in [0.5, 0.6) is 0 Å². The maximum atomic E-state index is 5.52. The summed E-state index contributed by atoms with van der Waals surface area (Å²) in [4.78, 5) is 0. The van der Waals surface area contributed by atoms with Gasteiger partial charge in [0.25, 0.3) is 0 Å². The third-order valence-corrected chi connectivity index (χ3v) is 2.36. The number of ether oxygens (including phenoxy) is 1. The predicted octanol–water partition coefficient (Wildman–Crippen LogP) is 2.16. The first-order valence-electron chi connectivity index (χ1n) is 4.60. The number of dihydropyridines is 1. The van der Waals surface area contributed by atoms with E-state index in [2.05, 4.69) is 5.32 Å². The molecule has 0 radical (unpaired) electrons. The van der Waals surface area contributed by atoms with E-state index in [1.54, 1.807) is 7.11 Å². The van der Waals surface area contributed by atoms with E-state index in [-0.39, 0.29) is 0 Å². The third-order valence-electron chi connectivity index (χ3n) is 2.36. The molecule has 2 nitrogen and oxygen atoms in total.